The number of benzene rings is 2. The summed E-state index contributed by atoms with van der Waals surface area (Å²) in [5.41, 5.74) is 0.914. The molecule has 1 saturated heterocycles. The lowest BCUT2D eigenvalue weighted by molar-refractivity contribution is -0.121. The second-order valence-corrected chi connectivity index (χ2v) is 8.52. The summed E-state index contributed by atoms with van der Waals surface area (Å²) in [5, 5.41) is 3.02. The zero-order chi connectivity index (χ0) is 19.3. The predicted molar refractivity (Wildman–Crippen MR) is 103 cm³/mol. The number of hydrogen-bond donors (Lipinski definition) is 1. The van der Waals surface area contributed by atoms with Crippen LogP contribution in [-0.4, -0.2) is 44.9 Å². The number of carbonyl (C=O) groups excluding carboxylic acids is 1. The Kier molecular flexibility index (Phi) is 6.13. The van der Waals surface area contributed by atoms with E-state index in [1.165, 1.54) is 4.31 Å². The van der Waals surface area contributed by atoms with Gasteiger partial charge in [0.15, 0.2) is 0 Å². The average Bonchev–Trinajstić information content (AvgIpc) is 2.69. The molecule has 2 aromatic carbocycles. The smallest absolute Gasteiger partial charge is 0.243 e. The summed E-state index contributed by atoms with van der Waals surface area (Å²) in [6.45, 7) is 0.815. The molecule has 0 saturated carbocycles. The van der Waals surface area contributed by atoms with Gasteiger partial charge in [0.1, 0.15) is 5.75 Å². The van der Waals surface area contributed by atoms with Crippen molar-refractivity contribution in [1.29, 1.82) is 0 Å². The van der Waals surface area contributed by atoms with Crippen molar-refractivity contribution in [1.82, 2.24) is 9.62 Å². The highest BCUT2D eigenvalue weighted by Crippen LogP contribution is 2.20. The Morgan fingerprint density at radius 1 is 1.07 bits per heavy atom. The highest BCUT2D eigenvalue weighted by atomic mass is 32.2. The van der Waals surface area contributed by atoms with E-state index in [0.717, 1.165) is 11.3 Å². The molecule has 2 aromatic rings. The van der Waals surface area contributed by atoms with Crippen LogP contribution in [0, 0.1) is 0 Å². The number of piperidine rings is 1. The van der Waals surface area contributed by atoms with Gasteiger partial charge in [-0.15, -0.1) is 0 Å². The quantitative estimate of drug-likeness (QED) is 0.823. The summed E-state index contributed by atoms with van der Waals surface area (Å²) in [6.07, 6.45) is 1.52. The molecule has 1 heterocycles. The van der Waals surface area contributed by atoms with Crippen molar-refractivity contribution in [2.24, 2.45) is 0 Å². The van der Waals surface area contributed by atoms with Crippen molar-refractivity contribution in [2.45, 2.75) is 30.2 Å². The summed E-state index contributed by atoms with van der Waals surface area (Å²) >= 11 is 0. The molecule has 6 nitrogen and oxygen atoms in total. The monoisotopic (exact) mass is 388 g/mol. The van der Waals surface area contributed by atoms with Gasteiger partial charge in [-0.1, -0.05) is 30.3 Å². The Labute approximate surface area is 160 Å². The first-order chi connectivity index (χ1) is 13.0. The van der Waals surface area contributed by atoms with Crippen molar-refractivity contribution in [3.63, 3.8) is 0 Å². The first-order valence-corrected chi connectivity index (χ1v) is 10.4. The van der Waals surface area contributed by atoms with Gasteiger partial charge in [-0.25, -0.2) is 8.42 Å². The average molecular weight is 388 g/mol. The highest BCUT2D eigenvalue weighted by Gasteiger charge is 2.29. The molecule has 0 atom stereocenters. The second-order valence-electron chi connectivity index (χ2n) is 6.58. The lowest BCUT2D eigenvalue weighted by atomic mass is 10.1. The van der Waals surface area contributed by atoms with E-state index in [4.69, 9.17) is 4.74 Å². The van der Waals surface area contributed by atoms with E-state index in [1.807, 2.05) is 24.3 Å². The third-order valence-electron chi connectivity index (χ3n) is 4.72. The van der Waals surface area contributed by atoms with Crippen LogP contribution in [-0.2, 0) is 21.2 Å². The van der Waals surface area contributed by atoms with E-state index in [2.05, 4.69) is 5.32 Å². The van der Waals surface area contributed by atoms with Crippen LogP contribution < -0.4 is 10.1 Å². The van der Waals surface area contributed by atoms with Crippen LogP contribution in [0.5, 0.6) is 5.75 Å². The SMILES string of the molecule is COc1ccc(CC(=O)NC2CCN(S(=O)(=O)c3ccccc3)CC2)cc1. The van der Waals surface area contributed by atoms with E-state index in [-0.39, 0.29) is 11.9 Å². The molecule has 3 rings (SSSR count). The largest absolute Gasteiger partial charge is 0.497 e. The van der Waals surface area contributed by atoms with Crippen LogP contribution in [0.4, 0.5) is 0 Å². The number of amides is 1. The Morgan fingerprint density at radius 3 is 2.30 bits per heavy atom. The minimum Gasteiger partial charge on any atom is -0.497 e. The van der Waals surface area contributed by atoms with E-state index in [1.54, 1.807) is 37.4 Å². The summed E-state index contributed by atoms with van der Waals surface area (Å²) in [4.78, 5) is 12.6. The maximum absolute atomic E-state index is 12.6. The number of methoxy groups -OCH3 is 1. The van der Waals surface area contributed by atoms with Crippen molar-refractivity contribution in [3.05, 3.63) is 60.2 Å². The van der Waals surface area contributed by atoms with Crippen LogP contribution in [0.1, 0.15) is 18.4 Å². The lowest BCUT2D eigenvalue weighted by Crippen LogP contribution is -2.46. The van der Waals surface area contributed by atoms with Gasteiger partial charge in [-0.3, -0.25) is 4.79 Å². The van der Waals surface area contributed by atoms with Crippen molar-refractivity contribution in [2.75, 3.05) is 20.2 Å². The fourth-order valence-corrected chi connectivity index (χ4v) is 4.68. The predicted octanol–water partition coefficient (Wildman–Crippen LogP) is 2.21. The molecular formula is C20H24N2O4S. The topological polar surface area (TPSA) is 75.7 Å². The molecule has 0 aromatic heterocycles. The number of carbonyl (C=O) groups is 1. The molecule has 27 heavy (non-hydrogen) atoms. The molecule has 0 radical (unpaired) electrons. The molecule has 0 aliphatic carbocycles. The van der Waals surface area contributed by atoms with Crippen LogP contribution in [0.15, 0.2) is 59.5 Å². The van der Waals surface area contributed by atoms with Gasteiger partial charge in [0.25, 0.3) is 0 Å². The summed E-state index contributed by atoms with van der Waals surface area (Å²) in [7, 11) is -1.86. The zero-order valence-corrected chi connectivity index (χ0v) is 16.1. The molecule has 0 spiro atoms. The van der Waals surface area contributed by atoms with Gasteiger partial charge in [-0.05, 0) is 42.7 Å². The van der Waals surface area contributed by atoms with Gasteiger partial charge < -0.3 is 10.1 Å². The van der Waals surface area contributed by atoms with E-state index in [9.17, 15) is 13.2 Å². The van der Waals surface area contributed by atoms with E-state index < -0.39 is 10.0 Å². The number of nitrogens with one attached hydrogen (secondary N) is 1. The highest BCUT2D eigenvalue weighted by molar-refractivity contribution is 7.89. The van der Waals surface area contributed by atoms with Crippen molar-refractivity contribution >= 4 is 15.9 Å². The van der Waals surface area contributed by atoms with Crippen LogP contribution in [0.3, 0.4) is 0 Å². The van der Waals surface area contributed by atoms with Crippen molar-refractivity contribution in [3.8, 4) is 5.75 Å². The van der Waals surface area contributed by atoms with Gasteiger partial charge in [-0.2, -0.15) is 4.31 Å². The number of rotatable bonds is 6. The molecule has 7 heteroatoms. The molecule has 144 valence electrons. The Bertz CT molecular complexity index is 859. The van der Waals surface area contributed by atoms with Crippen LogP contribution in [0.2, 0.25) is 0 Å². The maximum Gasteiger partial charge on any atom is 0.243 e. The molecule has 1 amide bonds. The van der Waals surface area contributed by atoms with Crippen molar-refractivity contribution < 1.29 is 17.9 Å². The summed E-state index contributed by atoms with van der Waals surface area (Å²) in [6, 6.07) is 15.8. The zero-order valence-electron chi connectivity index (χ0n) is 15.3. The van der Waals surface area contributed by atoms with E-state index in [0.29, 0.717) is 37.2 Å². The molecule has 1 aliphatic heterocycles. The lowest BCUT2D eigenvalue weighted by Gasteiger charge is -2.31. The van der Waals surface area contributed by atoms with E-state index >= 15 is 0 Å². The number of ether oxygens (including phenoxy) is 1. The normalized spacial score (nSPS) is 16.0. The summed E-state index contributed by atoms with van der Waals surface area (Å²) in [5.74, 6) is 0.704. The number of sulfonamides is 1. The van der Waals surface area contributed by atoms with Gasteiger partial charge in [0.2, 0.25) is 15.9 Å². The number of nitrogens with zero attached hydrogens (tertiary/aromatic N) is 1. The number of hydrogen-bond acceptors (Lipinski definition) is 4. The second kappa shape index (κ2) is 8.54. The third-order valence-corrected chi connectivity index (χ3v) is 6.64. The molecule has 0 unspecified atom stereocenters. The summed E-state index contributed by atoms with van der Waals surface area (Å²) < 4.78 is 31.9. The fourth-order valence-electron chi connectivity index (χ4n) is 3.19. The Hall–Kier alpha value is -2.38. The molecule has 0 bridgehead atoms. The minimum atomic E-state index is -3.46. The van der Waals surface area contributed by atoms with Gasteiger partial charge >= 0.3 is 0 Å². The first kappa shape index (κ1) is 19.4. The minimum absolute atomic E-state index is 0.00188. The van der Waals surface area contributed by atoms with Crippen LogP contribution >= 0.6 is 0 Å². The maximum atomic E-state index is 12.6. The van der Waals surface area contributed by atoms with Gasteiger partial charge in [0, 0.05) is 19.1 Å². The third kappa shape index (κ3) is 4.87. The molecule has 1 aliphatic rings. The fraction of sp³-hybridized carbons (Fsp3) is 0.350. The molecule has 1 N–H and O–H groups in total. The van der Waals surface area contributed by atoms with Crippen LogP contribution in [0.25, 0.3) is 0 Å². The first-order valence-electron chi connectivity index (χ1n) is 8.96. The standard InChI is InChI=1S/C20H24N2O4S/c1-26-18-9-7-16(8-10-18)15-20(23)21-17-11-13-22(14-12-17)27(24,25)19-5-3-2-4-6-19/h2-10,17H,11-15H2,1H3,(H,21,23). The molecular weight excluding hydrogens is 364 g/mol. The Morgan fingerprint density at radius 2 is 1.70 bits per heavy atom. The Balaban J connectivity index is 1.51. The van der Waals surface area contributed by atoms with Gasteiger partial charge in [0.05, 0.1) is 18.4 Å². The molecule has 1 fully saturated rings.